The van der Waals surface area contributed by atoms with E-state index >= 15 is 0 Å². The molecule has 1 rings (SSSR count). The van der Waals surface area contributed by atoms with E-state index in [0.29, 0.717) is 5.56 Å². The Morgan fingerprint density at radius 2 is 1.44 bits per heavy atom. The zero-order chi connectivity index (χ0) is 24.4. The first-order chi connectivity index (χ1) is 15.0. The van der Waals surface area contributed by atoms with Crippen molar-refractivity contribution in [3.8, 4) is 5.75 Å². The first kappa shape index (κ1) is 26.8. The molecule has 0 radical (unpaired) electrons. The highest BCUT2D eigenvalue weighted by Crippen LogP contribution is 2.12. The van der Waals surface area contributed by atoms with Crippen LogP contribution in [0.3, 0.4) is 0 Å². The third-order valence-corrected chi connectivity index (χ3v) is 4.59. The molecule has 1 aromatic rings. The van der Waals surface area contributed by atoms with E-state index in [0.717, 1.165) is 0 Å². The molecule has 0 heterocycles. The van der Waals surface area contributed by atoms with Crippen LogP contribution in [0.25, 0.3) is 0 Å². The van der Waals surface area contributed by atoms with Gasteiger partial charge in [0.25, 0.3) is 0 Å². The number of carboxylic acids is 1. The highest BCUT2D eigenvalue weighted by Gasteiger charge is 2.31. The van der Waals surface area contributed by atoms with Crippen molar-refractivity contribution < 1.29 is 39.6 Å². The molecule has 0 aliphatic carbocycles. The Morgan fingerprint density at radius 3 is 1.91 bits per heavy atom. The molecule has 4 unspecified atom stereocenters. The first-order valence-electron chi connectivity index (χ1n) is 9.89. The molecule has 0 aromatic heterocycles. The lowest BCUT2D eigenvalue weighted by Gasteiger charge is -2.26. The molecule has 4 atom stereocenters. The smallest absolute Gasteiger partial charge is 0.328 e. The van der Waals surface area contributed by atoms with Gasteiger partial charge in [-0.2, -0.15) is 0 Å². The fourth-order valence-corrected chi connectivity index (χ4v) is 2.67. The number of hydrogen-bond acceptors (Lipinski definition) is 8. The van der Waals surface area contributed by atoms with Crippen LogP contribution >= 0.6 is 0 Å². The van der Waals surface area contributed by atoms with E-state index in [1.165, 1.54) is 24.3 Å². The van der Waals surface area contributed by atoms with E-state index in [9.17, 15) is 29.4 Å². The van der Waals surface area contributed by atoms with Crippen LogP contribution < -0.4 is 21.7 Å². The normalized spacial score (nSPS) is 14.7. The van der Waals surface area contributed by atoms with Crippen molar-refractivity contribution in [3.05, 3.63) is 29.8 Å². The average molecular weight is 454 g/mol. The molecule has 9 N–H and O–H groups in total. The molecule has 0 aliphatic heterocycles. The minimum absolute atomic E-state index is 0.00665. The SMILES string of the molecule is CC(C)C(NC(=O)C(N)CO)C(=O)NC(Cc1ccc(O)cc1)C(=O)NC(CO)C(=O)O. The van der Waals surface area contributed by atoms with Crippen LogP contribution in [0, 0.1) is 5.92 Å². The summed E-state index contributed by atoms with van der Waals surface area (Å²) >= 11 is 0. The zero-order valence-corrected chi connectivity index (χ0v) is 17.8. The van der Waals surface area contributed by atoms with Crippen LogP contribution in [-0.2, 0) is 25.6 Å². The van der Waals surface area contributed by atoms with Crippen LogP contribution in [0.4, 0.5) is 0 Å². The van der Waals surface area contributed by atoms with E-state index in [4.69, 9.17) is 15.9 Å². The second-order valence-electron chi connectivity index (χ2n) is 7.53. The molecule has 0 fully saturated rings. The zero-order valence-electron chi connectivity index (χ0n) is 17.8. The molecule has 12 heteroatoms. The number of aliphatic hydroxyl groups excluding tert-OH is 2. The Kier molecular flexibility index (Phi) is 10.5. The maximum absolute atomic E-state index is 12.9. The maximum atomic E-state index is 12.9. The fourth-order valence-electron chi connectivity index (χ4n) is 2.67. The summed E-state index contributed by atoms with van der Waals surface area (Å²) in [5, 5.41) is 43.8. The number of aliphatic hydroxyl groups is 2. The van der Waals surface area contributed by atoms with E-state index in [1.807, 2.05) is 0 Å². The molecule has 1 aromatic carbocycles. The minimum atomic E-state index is -1.58. The molecule has 0 aliphatic rings. The second-order valence-corrected chi connectivity index (χ2v) is 7.53. The van der Waals surface area contributed by atoms with Crippen LogP contribution in [0.5, 0.6) is 5.75 Å². The van der Waals surface area contributed by atoms with Gasteiger partial charge in [0, 0.05) is 6.42 Å². The van der Waals surface area contributed by atoms with Crippen molar-refractivity contribution in [2.45, 2.75) is 44.4 Å². The fraction of sp³-hybridized carbons (Fsp3) is 0.500. The number of phenolic OH excluding ortho intramolecular Hbond substituents is 1. The lowest BCUT2D eigenvalue weighted by atomic mass is 10.0. The quantitative estimate of drug-likeness (QED) is 0.167. The van der Waals surface area contributed by atoms with Gasteiger partial charge in [-0.25, -0.2) is 4.79 Å². The van der Waals surface area contributed by atoms with Gasteiger partial charge in [-0.3, -0.25) is 14.4 Å². The molecular formula is C20H30N4O8. The number of amides is 3. The topological polar surface area (TPSA) is 211 Å². The summed E-state index contributed by atoms with van der Waals surface area (Å²) in [5.41, 5.74) is 6.02. The molecule has 12 nitrogen and oxygen atoms in total. The summed E-state index contributed by atoms with van der Waals surface area (Å²) in [6.07, 6.45) is -0.0649. The van der Waals surface area contributed by atoms with E-state index in [2.05, 4.69) is 16.0 Å². The largest absolute Gasteiger partial charge is 0.508 e. The standard InChI is InChI=1S/C20H30N4O8/c1-10(2)16(24-17(28)13(21)8-25)19(30)22-14(7-11-3-5-12(27)6-4-11)18(29)23-15(9-26)20(31)32/h3-6,10,13-16,25-27H,7-9,21H2,1-2H3,(H,22,30)(H,23,29)(H,24,28)(H,31,32). The number of aliphatic carboxylic acids is 1. The predicted molar refractivity (Wildman–Crippen MR) is 112 cm³/mol. The Labute approximate surface area is 184 Å². The number of phenols is 1. The Bertz CT molecular complexity index is 799. The third-order valence-electron chi connectivity index (χ3n) is 4.59. The molecule has 0 bridgehead atoms. The van der Waals surface area contributed by atoms with Crippen molar-refractivity contribution in [1.29, 1.82) is 0 Å². The number of benzene rings is 1. The van der Waals surface area contributed by atoms with Gasteiger partial charge in [0.15, 0.2) is 0 Å². The van der Waals surface area contributed by atoms with Gasteiger partial charge in [-0.15, -0.1) is 0 Å². The molecule has 0 saturated heterocycles. The summed E-state index contributed by atoms with van der Waals surface area (Å²) in [6, 6.07) is 0.634. The number of carbonyl (C=O) groups excluding carboxylic acids is 3. The maximum Gasteiger partial charge on any atom is 0.328 e. The monoisotopic (exact) mass is 454 g/mol. The van der Waals surface area contributed by atoms with Gasteiger partial charge in [0.05, 0.1) is 13.2 Å². The molecule has 0 saturated carbocycles. The highest BCUT2D eigenvalue weighted by molar-refractivity contribution is 5.94. The van der Waals surface area contributed by atoms with Crippen molar-refractivity contribution in [2.75, 3.05) is 13.2 Å². The van der Waals surface area contributed by atoms with Crippen LogP contribution in [0.1, 0.15) is 19.4 Å². The number of carboxylic acid groups (broad SMARTS) is 1. The van der Waals surface area contributed by atoms with Crippen molar-refractivity contribution in [2.24, 2.45) is 11.7 Å². The molecule has 0 spiro atoms. The second kappa shape index (κ2) is 12.6. The summed E-state index contributed by atoms with van der Waals surface area (Å²) in [7, 11) is 0. The number of aromatic hydroxyl groups is 1. The van der Waals surface area contributed by atoms with Crippen LogP contribution in [-0.4, -0.2) is 81.5 Å². The first-order valence-corrected chi connectivity index (χ1v) is 9.89. The number of carbonyl (C=O) groups is 4. The number of rotatable bonds is 12. The van der Waals surface area contributed by atoms with Crippen molar-refractivity contribution >= 4 is 23.7 Å². The minimum Gasteiger partial charge on any atom is -0.508 e. The van der Waals surface area contributed by atoms with Gasteiger partial charge in [0.1, 0.15) is 29.9 Å². The van der Waals surface area contributed by atoms with Gasteiger partial charge < -0.3 is 42.1 Å². The van der Waals surface area contributed by atoms with E-state index in [1.54, 1.807) is 13.8 Å². The van der Waals surface area contributed by atoms with Crippen molar-refractivity contribution in [3.63, 3.8) is 0 Å². The average Bonchev–Trinajstić information content (AvgIpc) is 2.75. The van der Waals surface area contributed by atoms with Gasteiger partial charge >= 0.3 is 5.97 Å². The van der Waals surface area contributed by atoms with Crippen molar-refractivity contribution in [1.82, 2.24) is 16.0 Å². The Balaban J connectivity index is 3.08. The summed E-state index contributed by atoms with van der Waals surface area (Å²) in [4.78, 5) is 48.7. The highest BCUT2D eigenvalue weighted by atomic mass is 16.4. The Hall–Kier alpha value is -3.22. The molecule has 178 valence electrons. The van der Waals surface area contributed by atoms with Gasteiger partial charge in [-0.1, -0.05) is 26.0 Å². The van der Waals surface area contributed by atoms with Gasteiger partial charge in [-0.05, 0) is 23.6 Å². The predicted octanol–water partition coefficient (Wildman–Crippen LogP) is -2.56. The summed E-state index contributed by atoms with van der Waals surface area (Å²) in [5.74, 6) is -4.23. The van der Waals surface area contributed by atoms with Crippen LogP contribution in [0.15, 0.2) is 24.3 Å². The van der Waals surface area contributed by atoms with E-state index < -0.39 is 67.0 Å². The molecule has 3 amide bonds. The number of nitrogens with one attached hydrogen (secondary N) is 3. The summed E-state index contributed by atoms with van der Waals surface area (Å²) < 4.78 is 0. The molecular weight excluding hydrogens is 424 g/mol. The number of hydrogen-bond donors (Lipinski definition) is 8. The summed E-state index contributed by atoms with van der Waals surface area (Å²) in [6.45, 7) is 1.82. The Morgan fingerprint density at radius 1 is 0.875 bits per heavy atom. The molecule has 32 heavy (non-hydrogen) atoms. The van der Waals surface area contributed by atoms with E-state index in [-0.39, 0.29) is 12.2 Å². The lowest BCUT2D eigenvalue weighted by Crippen LogP contribution is -2.59. The van der Waals surface area contributed by atoms with Crippen LogP contribution in [0.2, 0.25) is 0 Å². The lowest BCUT2D eigenvalue weighted by molar-refractivity contribution is -0.143. The number of nitrogens with two attached hydrogens (primary N) is 1. The van der Waals surface area contributed by atoms with Gasteiger partial charge in [0.2, 0.25) is 17.7 Å². The third kappa shape index (κ3) is 8.13.